The number of hydrogen-bond donors (Lipinski definition) is 0. The Hall–Kier alpha value is -2.30. The minimum atomic E-state index is 0.0424. The molecule has 2 aliphatic heterocycles. The SMILES string of the molecule is Cc1cc(C(=O)N2C[C@H]3C[C@H](C2)c2cccc(=O)n2C3)c(C)o1. The topological polar surface area (TPSA) is 55.5 Å². The van der Waals surface area contributed by atoms with Crippen molar-refractivity contribution in [2.75, 3.05) is 13.1 Å². The van der Waals surface area contributed by atoms with E-state index in [1.54, 1.807) is 6.07 Å². The minimum Gasteiger partial charge on any atom is -0.466 e. The minimum absolute atomic E-state index is 0.0424. The van der Waals surface area contributed by atoms with Crippen LogP contribution < -0.4 is 5.56 Å². The van der Waals surface area contributed by atoms with Gasteiger partial charge in [-0.3, -0.25) is 9.59 Å². The number of amides is 1. The van der Waals surface area contributed by atoms with E-state index in [4.69, 9.17) is 4.42 Å². The third-order valence-electron chi connectivity index (χ3n) is 5.04. The van der Waals surface area contributed by atoms with Crippen LogP contribution >= 0.6 is 0 Å². The molecule has 0 aliphatic carbocycles. The van der Waals surface area contributed by atoms with Gasteiger partial charge >= 0.3 is 0 Å². The zero-order chi connectivity index (χ0) is 16.1. The van der Waals surface area contributed by atoms with Crippen LogP contribution in [0.5, 0.6) is 0 Å². The van der Waals surface area contributed by atoms with Crippen molar-refractivity contribution in [2.45, 2.75) is 32.7 Å². The summed E-state index contributed by atoms with van der Waals surface area (Å²) in [5.74, 6) is 2.08. The lowest BCUT2D eigenvalue weighted by Crippen LogP contribution is -2.49. The molecule has 0 radical (unpaired) electrons. The first-order chi connectivity index (χ1) is 11.0. The number of carbonyl (C=O) groups excluding carboxylic acids is 1. The molecule has 1 amide bonds. The highest BCUT2D eigenvalue weighted by Gasteiger charge is 2.37. The van der Waals surface area contributed by atoms with Gasteiger partial charge in [-0.1, -0.05) is 6.07 Å². The molecule has 1 saturated heterocycles. The quantitative estimate of drug-likeness (QED) is 0.812. The lowest BCUT2D eigenvalue weighted by Gasteiger charge is -2.42. The maximum atomic E-state index is 12.8. The Balaban J connectivity index is 1.65. The van der Waals surface area contributed by atoms with E-state index in [0.29, 0.717) is 36.9 Å². The van der Waals surface area contributed by atoms with Crippen LogP contribution in [0.4, 0.5) is 0 Å². The first-order valence-electron chi connectivity index (χ1n) is 8.09. The highest BCUT2D eigenvalue weighted by Crippen LogP contribution is 2.35. The van der Waals surface area contributed by atoms with Crippen LogP contribution in [0.3, 0.4) is 0 Å². The fourth-order valence-electron chi connectivity index (χ4n) is 4.08. The molecule has 0 saturated carbocycles. The molecule has 0 aromatic carbocycles. The average Bonchev–Trinajstić information content (AvgIpc) is 2.86. The third-order valence-corrected chi connectivity index (χ3v) is 5.04. The van der Waals surface area contributed by atoms with E-state index < -0.39 is 0 Å². The maximum absolute atomic E-state index is 12.8. The molecular formula is C18H20N2O3. The van der Waals surface area contributed by atoms with Gasteiger partial charge in [0.25, 0.3) is 11.5 Å². The largest absolute Gasteiger partial charge is 0.466 e. The van der Waals surface area contributed by atoms with Crippen molar-refractivity contribution in [3.05, 3.63) is 57.4 Å². The van der Waals surface area contributed by atoms with Crippen LogP contribution in [0.15, 0.2) is 33.5 Å². The number of aryl methyl sites for hydroxylation is 2. The second kappa shape index (κ2) is 5.11. The standard InChI is InChI=1S/C18H20N2O3/c1-11-6-15(12(2)23-11)18(22)19-8-13-7-14(10-19)16-4-3-5-17(21)20(16)9-13/h3-6,13-14H,7-10H2,1-2H3/t13-,14-/m1/s1. The molecule has 0 N–H and O–H groups in total. The summed E-state index contributed by atoms with van der Waals surface area (Å²) in [4.78, 5) is 26.8. The van der Waals surface area contributed by atoms with Crippen molar-refractivity contribution in [1.29, 1.82) is 0 Å². The summed E-state index contributed by atoms with van der Waals surface area (Å²) >= 11 is 0. The zero-order valence-electron chi connectivity index (χ0n) is 13.4. The fourth-order valence-corrected chi connectivity index (χ4v) is 4.08. The van der Waals surface area contributed by atoms with Crippen LogP contribution in [0.1, 0.15) is 39.9 Å². The normalized spacial score (nSPS) is 22.8. The number of furan rings is 1. The smallest absolute Gasteiger partial charge is 0.257 e. The van der Waals surface area contributed by atoms with Crippen LogP contribution in [-0.2, 0) is 6.54 Å². The number of hydrogen-bond acceptors (Lipinski definition) is 3. The fraction of sp³-hybridized carbons (Fsp3) is 0.444. The molecule has 120 valence electrons. The van der Waals surface area contributed by atoms with Crippen molar-refractivity contribution >= 4 is 5.91 Å². The summed E-state index contributed by atoms with van der Waals surface area (Å²) in [6.45, 7) is 5.78. The van der Waals surface area contributed by atoms with E-state index in [0.717, 1.165) is 17.9 Å². The highest BCUT2D eigenvalue weighted by molar-refractivity contribution is 5.95. The highest BCUT2D eigenvalue weighted by atomic mass is 16.3. The van der Waals surface area contributed by atoms with Crippen molar-refractivity contribution < 1.29 is 9.21 Å². The van der Waals surface area contributed by atoms with E-state index >= 15 is 0 Å². The molecular weight excluding hydrogens is 292 g/mol. The van der Waals surface area contributed by atoms with E-state index in [9.17, 15) is 9.59 Å². The number of fused-ring (bicyclic) bond motifs is 4. The second-order valence-electron chi connectivity index (χ2n) is 6.74. The molecule has 1 fully saturated rings. The molecule has 23 heavy (non-hydrogen) atoms. The lowest BCUT2D eigenvalue weighted by molar-refractivity contribution is 0.0593. The van der Waals surface area contributed by atoms with Crippen LogP contribution in [0.2, 0.25) is 0 Å². The van der Waals surface area contributed by atoms with Gasteiger partial charge in [0.05, 0.1) is 5.56 Å². The maximum Gasteiger partial charge on any atom is 0.257 e. The summed E-state index contributed by atoms with van der Waals surface area (Å²) in [6, 6.07) is 7.27. The lowest BCUT2D eigenvalue weighted by atomic mass is 9.83. The first kappa shape index (κ1) is 14.3. The van der Waals surface area contributed by atoms with Gasteiger partial charge in [0, 0.05) is 37.3 Å². The van der Waals surface area contributed by atoms with Gasteiger partial charge in [0.1, 0.15) is 11.5 Å². The Bertz CT molecular complexity index is 833. The second-order valence-corrected chi connectivity index (χ2v) is 6.74. The summed E-state index contributed by atoms with van der Waals surface area (Å²) in [5, 5.41) is 0. The Morgan fingerprint density at radius 2 is 2.04 bits per heavy atom. The van der Waals surface area contributed by atoms with Gasteiger partial charge in [-0.25, -0.2) is 0 Å². The van der Waals surface area contributed by atoms with Crippen LogP contribution in [0.25, 0.3) is 0 Å². The Morgan fingerprint density at radius 1 is 1.22 bits per heavy atom. The number of carbonyl (C=O) groups is 1. The van der Waals surface area contributed by atoms with Crippen molar-refractivity contribution in [3.63, 3.8) is 0 Å². The number of likely N-dealkylation sites (tertiary alicyclic amines) is 1. The number of pyridine rings is 1. The predicted octanol–water partition coefficient (Wildman–Crippen LogP) is 2.32. The average molecular weight is 312 g/mol. The van der Waals surface area contributed by atoms with Gasteiger partial charge in [0.2, 0.25) is 0 Å². The molecule has 2 aromatic heterocycles. The molecule has 4 heterocycles. The third kappa shape index (κ3) is 2.31. The Labute approximate surface area is 134 Å². The summed E-state index contributed by atoms with van der Waals surface area (Å²) in [6.07, 6.45) is 1.05. The molecule has 0 spiro atoms. The molecule has 5 nitrogen and oxygen atoms in total. The van der Waals surface area contributed by atoms with E-state index in [2.05, 4.69) is 0 Å². The van der Waals surface area contributed by atoms with Crippen molar-refractivity contribution in [2.24, 2.45) is 5.92 Å². The molecule has 5 heteroatoms. The molecule has 2 bridgehead atoms. The van der Waals surface area contributed by atoms with Gasteiger partial charge < -0.3 is 13.9 Å². The van der Waals surface area contributed by atoms with E-state index in [1.807, 2.05) is 41.5 Å². The molecule has 2 aliphatic rings. The Kier molecular flexibility index (Phi) is 3.18. The zero-order valence-corrected chi connectivity index (χ0v) is 13.4. The molecule has 2 atom stereocenters. The van der Waals surface area contributed by atoms with Gasteiger partial charge in [-0.15, -0.1) is 0 Å². The van der Waals surface area contributed by atoms with E-state index in [1.165, 1.54) is 0 Å². The van der Waals surface area contributed by atoms with Crippen molar-refractivity contribution in [1.82, 2.24) is 9.47 Å². The predicted molar refractivity (Wildman–Crippen MR) is 85.6 cm³/mol. The summed E-state index contributed by atoms with van der Waals surface area (Å²) in [5.41, 5.74) is 1.79. The van der Waals surface area contributed by atoms with Crippen LogP contribution in [0, 0.1) is 19.8 Å². The molecule has 4 rings (SSSR count). The molecule has 0 unspecified atom stereocenters. The van der Waals surface area contributed by atoms with Gasteiger partial charge in [-0.05, 0) is 38.3 Å². The number of rotatable bonds is 1. The summed E-state index contributed by atoms with van der Waals surface area (Å²) in [7, 11) is 0. The number of aromatic nitrogens is 1. The Morgan fingerprint density at radius 3 is 2.78 bits per heavy atom. The van der Waals surface area contributed by atoms with Gasteiger partial charge in [0.15, 0.2) is 0 Å². The van der Waals surface area contributed by atoms with E-state index in [-0.39, 0.29) is 17.4 Å². The monoisotopic (exact) mass is 312 g/mol. The first-order valence-corrected chi connectivity index (χ1v) is 8.09. The number of piperidine rings is 1. The van der Waals surface area contributed by atoms with Crippen LogP contribution in [-0.4, -0.2) is 28.5 Å². The number of nitrogens with zero attached hydrogens (tertiary/aromatic N) is 2. The molecule has 2 aromatic rings. The van der Waals surface area contributed by atoms with Crippen molar-refractivity contribution in [3.8, 4) is 0 Å². The summed E-state index contributed by atoms with van der Waals surface area (Å²) < 4.78 is 7.38. The van der Waals surface area contributed by atoms with Gasteiger partial charge in [-0.2, -0.15) is 0 Å².